The molecular formula is C21H20N6S. The molecule has 28 heavy (non-hydrogen) atoms. The van der Waals surface area contributed by atoms with Gasteiger partial charge in [0.05, 0.1) is 5.69 Å². The van der Waals surface area contributed by atoms with E-state index in [4.69, 9.17) is 5.10 Å². The second kappa shape index (κ2) is 5.97. The highest BCUT2D eigenvalue weighted by atomic mass is 32.1. The second-order valence-electron chi connectivity index (χ2n) is 7.93. The summed E-state index contributed by atoms with van der Waals surface area (Å²) in [5.41, 5.74) is 5.24. The molecular weight excluding hydrogens is 368 g/mol. The van der Waals surface area contributed by atoms with Crippen molar-refractivity contribution < 1.29 is 0 Å². The lowest BCUT2D eigenvalue weighted by atomic mass is 9.87. The molecule has 0 aliphatic heterocycles. The van der Waals surface area contributed by atoms with Gasteiger partial charge in [0, 0.05) is 11.8 Å². The van der Waals surface area contributed by atoms with Crippen LogP contribution in [-0.2, 0) is 5.41 Å². The molecule has 0 saturated carbocycles. The van der Waals surface area contributed by atoms with Crippen LogP contribution in [0.2, 0.25) is 0 Å². The van der Waals surface area contributed by atoms with Crippen molar-refractivity contribution in [3.8, 4) is 22.1 Å². The highest BCUT2D eigenvalue weighted by Crippen LogP contribution is 2.31. The van der Waals surface area contributed by atoms with Crippen molar-refractivity contribution in [3.05, 3.63) is 59.9 Å². The molecule has 5 aromatic rings. The third kappa shape index (κ3) is 2.62. The van der Waals surface area contributed by atoms with Gasteiger partial charge in [0.15, 0.2) is 0 Å². The van der Waals surface area contributed by atoms with Crippen molar-refractivity contribution >= 4 is 21.9 Å². The average Bonchev–Trinajstić information content (AvgIpc) is 3.33. The number of benzene rings is 1. The zero-order valence-electron chi connectivity index (χ0n) is 16.2. The summed E-state index contributed by atoms with van der Waals surface area (Å²) in [6.07, 6.45) is 1.99. The summed E-state index contributed by atoms with van der Waals surface area (Å²) in [6.45, 7) is 8.64. The maximum absolute atomic E-state index is 4.81. The van der Waals surface area contributed by atoms with Crippen molar-refractivity contribution in [2.75, 3.05) is 0 Å². The Kier molecular flexibility index (Phi) is 3.64. The van der Waals surface area contributed by atoms with E-state index in [2.05, 4.69) is 60.2 Å². The molecule has 0 saturated heterocycles. The van der Waals surface area contributed by atoms with Gasteiger partial charge >= 0.3 is 0 Å². The number of nitrogens with zero attached hydrogens (tertiary/aromatic N) is 6. The molecule has 0 unspecified atom stereocenters. The summed E-state index contributed by atoms with van der Waals surface area (Å²) in [5, 5.41) is 14.5. The monoisotopic (exact) mass is 388 g/mol. The molecule has 4 aromatic heterocycles. The molecule has 1 aromatic carbocycles. The molecule has 0 N–H and O–H groups in total. The molecule has 0 atom stereocenters. The van der Waals surface area contributed by atoms with Gasteiger partial charge < -0.3 is 0 Å². The summed E-state index contributed by atoms with van der Waals surface area (Å²) in [5.74, 6) is 0.708. The molecule has 140 valence electrons. The van der Waals surface area contributed by atoms with Crippen molar-refractivity contribution in [1.29, 1.82) is 0 Å². The molecule has 5 rings (SSSR count). The lowest BCUT2D eigenvalue weighted by Gasteiger charge is -2.18. The van der Waals surface area contributed by atoms with Crippen LogP contribution in [0.25, 0.3) is 32.7 Å². The highest BCUT2D eigenvalue weighted by Gasteiger charge is 2.20. The zero-order chi connectivity index (χ0) is 19.5. The SMILES string of the molecule is Cc1nc2ccccn2c1-c1nnc2sc(-c3ccc(C(C)(C)C)cc3)nn12. The Labute approximate surface area is 166 Å². The van der Waals surface area contributed by atoms with Crippen LogP contribution in [0.1, 0.15) is 32.0 Å². The summed E-state index contributed by atoms with van der Waals surface area (Å²) < 4.78 is 3.85. The fourth-order valence-corrected chi connectivity index (χ4v) is 4.22. The molecule has 7 heteroatoms. The van der Waals surface area contributed by atoms with Gasteiger partial charge in [-0.05, 0) is 30.0 Å². The second-order valence-corrected chi connectivity index (χ2v) is 8.88. The minimum Gasteiger partial charge on any atom is -0.297 e. The van der Waals surface area contributed by atoms with Crippen LogP contribution in [0, 0.1) is 6.92 Å². The zero-order valence-corrected chi connectivity index (χ0v) is 17.0. The fourth-order valence-electron chi connectivity index (χ4n) is 3.38. The van der Waals surface area contributed by atoms with E-state index in [-0.39, 0.29) is 5.41 Å². The Bertz CT molecular complexity index is 1300. The Morgan fingerprint density at radius 2 is 1.75 bits per heavy atom. The summed E-state index contributed by atoms with van der Waals surface area (Å²) in [4.78, 5) is 5.40. The largest absolute Gasteiger partial charge is 0.297 e. The van der Waals surface area contributed by atoms with Crippen molar-refractivity contribution in [1.82, 2.24) is 29.2 Å². The smallest absolute Gasteiger partial charge is 0.235 e. The third-order valence-corrected chi connectivity index (χ3v) is 5.85. The minimum atomic E-state index is 0.133. The third-order valence-electron chi connectivity index (χ3n) is 4.90. The number of hydrogen-bond acceptors (Lipinski definition) is 5. The van der Waals surface area contributed by atoms with E-state index in [1.807, 2.05) is 40.2 Å². The number of imidazole rings is 1. The van der Waals surface area contributed by atoms with Gasteiger partial charge in [-0.3, -0.25) is 4.40 Å². The van der Waals surface area contributed by atoms with E-state index in [1.165, 1.54) is 5.56 Å². The van der Waals surface area contributed by atoms with Gasteiger partial charge in [-0.2, -0.15) is 9.61 Å². The number of pyridine rings is 1. The minimum absolute atomic E-state index is 0.133. The van der Waals surface area contributed by atoms with E-state index in [0.717, 1.165) is 32.6 Å². The predicted molar refractivity (Wildman–Crippen MR) is 112 cm³/mol. The van der Waals surface area contributed by atoms with E-state index in [9.17, 15) is 0 Å². The van der Waals surface area contributed by atoms with Gasteiger partial charge in [0.2, 0.25) is 10.8 Å². The molecule has 4 heterocycles. The van der Waals surface area contributed by atoms with Gasteiger partial charge in [0.1, 0.15) is 16.3 Å². The quantitative estimate of drug-likeness (QED) is 0.437. The van der Waals surface area contributed by atoms with Gasteiger partial charge in [-0.25, -0.2) is 4.98 Å². The van der Waals surface area contributed by atoms with Crippen LogP contribution in [0.3, 0.4) is 0 Å². The van der Waals surface area contributed by atoms with Crippen molar-refractivity contribution in [3.63, 3.8) is 0 Å². The highest BCUT2D eigenvalue weighted by molar-refractivity contribution is 7.19. The normalized spacial score (nSPS) is 12.3. The van der Waals surface area contributed by atoms with Crippen molar-refractivity contribution in [2.45, 2.75) is 33.1 Å². The molecule has 0 radical (unpaired) electrons. The summed E-state index contributed by atoms with van der Waals surface area (Å²) in [7, 11) is 0. The number of hydrogen-bond donors (Lipinski definition) is 0. The lowest BCUT2D eigenvalue weighted by Crippen LogP contribution is -2.10. The van der Waals surface area contributed by atoms with Crippen LogP contribution < -0.4 is 0 Å². The Morgan fingerprint density at radius 3 is 2.50 bits per heavy atom. The first-order valence-corrected chi connectivity index (χ1v) is 10.0. The van der Waals surface area contributed by atoms with Crippen molar-refractivity contribution in [2.24, 2.45) is 0 Å². The van der Waals surface area contributed by atoms with E-state index >= 15 is 0 Å². The van der Waals surface area contributed by atoms with Gasteiger partial charge in [-0.1, -0.05) is 62.4 Å². The van der Waals surface area contributed by atoms with E-state index in [1.54, 1.807) is 11.3 Å². The predicted octanol–water partition coefficient (Wildman–Crippen LogP) is 4.77. The van der Waals surface area contributed by atoms with Crippen LogP contribution in [0.5, 0.6) is 0 Å². The maximum Gasteiger partial charge on any atom is 0.235 e. The Balaban J connectivity index is 1.62. The number of aromatic nitrogens is 6. The van der Waals surface area contributed by atoms with Gasteiger partial charge in [0.25, 0.3) is 0 Å². The number of aryl methyl sites for hydroxylation is 1. The van der Waals surface area contributed by atoms with Crippen LogP contribution in [0.4, 0.5) is 0 Å². The molecule has 0 bridgehead atoms. The first kappa shape index (κ1) is 17.1. The van der Waals surface area contributed by atoms with Crippen LogP contribution in [-0.4, -0.2) is 29.2 Å². The number of fused-ring (bicyclic) bond motifs is 2. The van der Waals surface area contributed by atoms with Crippen LogP contribution in [0.15, 0.2) is 48.7 Å². The lowest BCUT2D eigenvalue weighted by molar-refractivity contribution is 0.590. The molecule has 6 nitrogen and oxygen atoms in total. The summed E-state index contributed by atoms with van der Waals surface area (Å²) in [6, 6.07) is 14.6. The number of rotatable bonds is 2. The maximum atomic E-state index is 4.81. The van der Waals surface area contributed by atoms with E-state index < -0.39 is 0 Å². The van der Waals surface area contributed by atoms with E-state index in [0.29, 0.717) is 5.82 Å². The first-order valence-electron chi connectivity index (χ1n) is 9.19. The molecule has 0 amide bonds. The molecule has 0 fully saturated rings. The molecule has 0 spiro atoms. The fraction of sp³-hybridized carbons (Fsp3) is 0.238. The molecule has 0 aliphatic carbocycles. The summed E-state index contributed by atoms with van der Waals surface area (Å²) >= 11 is 1.54. The average molecular weight is 389 g/mol. The van der Waals surface area contributed by atoms with Gasteiger partial charge in [-0.15, -0.1) is 10.2 Å². The van der Waals surface area contributed by atoms with Crippen LogP contribution >= 0.6 is 11.3 Å². The standard InChI is InChI=1S/C21H20N6S/c1-13-17(26-12-6-5-7-16(26)22-13)18-23-24-20-27(18)25-19(28-20)14-8-10-15(11-9-14)21(2,3)4/h5-12H,1-4H3. The Morgan fingerprint density at radius 1 is 0.964 bits per heavy atom. The first-order chi connectivity index (χ1) is 13.4. The Hall–Kier alpha value is -3.06. The topological polar surface area (TPSA) is 60.4 Å². The molecule has 0 aliphatic rings.